The molecule has 0 bridgehead atoms. The molecule has 218 valence electrons. The molecule has 3 N–H and O–H groups in total. The fourth-order valence-electron chi connectivity index (χ4n) is 5.07. The van der Waals surface area contributed by atoms with E-state index in [0.29, 0.717) is 59.8 Å². The van der Waals surface area contributed by atoms with Gasteiger partial charge < -0.3 is 34.7 Å². The second kappa shape index (κ2) is 12.4. The Kier molecular flexibility index (Phi) is 8.71. The highest BCUT2D eigenvalue weighted by atomic mass is 35.5. The Morgan fingerprint density at radius 1 is 1.27 bits per heavy atom. The van der Waals surface area contributed by atoms with Gasteiger partial charge in [0.25, 0.3) is 5.91 Å². The van der Waals surface area contributed by atoms with Crippen LogP contribution in [0.5, 0.6) is 5.75 Å². The highest BCUT2D eigenvalue weighted by Crippen LogP contribution is 2.30. The molecule has 0 saturated carbocycles. The number of aromatic nitrogens is 3. The molecule has 0 spiro atoms. The van der Waals surface area contributed by atoms with E-state index in [4.69, 9.17) is 21.1 Å². The first-order chi connectivity index (χ1) is 19.8. The first-order valence-corrected chi connectivity index (χ1v) is 13.8. The number of nitrogens with zero attached hydrogens (tertiary/aromatic N) is 4. The molecular formula is C28H32ClFN6O5. The van der Waals surface area contributed by atoms with Gasteiger partial charge in [-0.25, -0.2) is 14.4 Å². The number of carbonyl (C=O) groups excluding carboxylic acids is 2. The van der Waals surface area contributed by atoms with Crippen LogP contribution in [0.15, 0.2) is 36.7 Å². The van der Waals surface area contributed by atoms with Crippen molar-refractivity contribution in [3.63, 3.8) is 0 Å². The second-order valence-electron chi connectivity index (χ2n) is 10.1. The zero-order valence-corrected chi connectivity index (χ0v) is 23.5. The molecular weight excluding hydrogens is 555 g/mol. The lowest BCUT2D eigenvalue weighted by molar-refractivity contribution is -0.126. The van der Waals surface area contributed by atoms with Gasteiger partial charge in [0.2, 0.25) is 11.9 Å². The molecule has 2 aliphatic heterocycles. The van der Waals surface area contributed by atoms with Crippen LogP contribution >= 0.6 is 11.6 Å². The minimum atomic E-state index is -0.881. The van der Waals surface area contributed by atoms with Crippen LogP contribution in [-0.4, -0.2) is 81.9 Å². The first-order valence-electron chi connectivity index (χ1n) is 13.4. The van der Waals surface area contributed by atoms with Crippen molar-refractivity contribution in [3.8, 4) is 17.0 Å². The average molecular weight is 587 g/mol. The molecule has 2 aliphatic rings. The third-order valence-electron chi connectivity index (χ3n) is 7.41. The lowest BCUT2D eigenvalue weighted by atomic mass is 10.1. The number of anilines is 1. The van der Waals surface area contributed by atoms with Crippen molar-refractivity contribution < 1.29 is 28.6 Å². The summed E-state index contributed by atoms with van der Waals surface area (Å²) in [5.41, 5.74) is 1.91. The smallest absolute Gasteiger partial charge is 0.271 e. The summed E-state index contributed by atoms with van der Waals surface area (Å²) in [6.45, 7) is 3.26. The monoisotopic (exact) mass is 586 g/mol. The van der Waals surface area contributed by atoms with Crippen LogP contribution < -0.4 is 15.4 Å². The summed E-state index contributed by atoms with van der Waals surface area (Å²) in [5, 5.41) is 16.3. The molecule has 1 aromatic carbocycles. The van der Waals surface area contributed by atoms with Gasteiger partial charge in [0, 0.05) is 50.2 Å². The fourth-order valence-corrected chi connectivity index (χ4v) is 5.27. The topological polar surface area (TPSA) is 131 Å². The number of amides is 2. The number of ether oxygens (including phenoxy) is 2. The average Bonchev–Trinajstić information content (AvgIpc) is 3.42. The van der Waals surface area contributed by atoms with Crippen molar-refractivity contribution in [2.45, 2.75) is 44.4 Å². The van der Waals surface area contributed by atoms with Gasteiger partial charge in [0.05, 0.1) is 36.7 Å². The quantitative estimate of drug-likeness (QED) is 0.349. The second-order valence-corrected chi connectivity index (χ2v) is 10.5. The molecule has 13 heteroatoms. The van der Waals surface area contributed by atoms with Crippen molar-refractivity contribution in [2.75, 3.05) is 38.8 Å². The first kappa shape index (κ1) is 28.8. The molecule has 4 heterocycles. The number of aliphatic hydroxyl groups excluding tert-OH is 1. The lowest BCUT2D eigenvalue weighted by Gasteiger charge is -2.33. The van der Waals surface area contributed by atoms with Gasteiger partial charge in [0.1, 0.15) is 23.3 Å². The maximum atomic E-state index is 14.0. The van der Waals surface area contributed by atoms with Crippen LogP contribution in [-0.2, 0) is 16.1 Å². The van der Waals surface area contributed by atoms with Crippen LogP contribution in [0.1, 0.15) is 41.9 Å². The van der Waals surface area contributed by atoms with Gasteiger partial charge >= 0.3 is 0 Å². The van der Waals surface area contributed by atoms with E-state index in [1.165, 1.54) is 36.4 Å². The summed E-state index contributed by atoms with van der Waals surface area (Å²) in [6.07, 6.45) is 5.07. The van der Waals surface area contributed by atoms with Gasteiger partial charge in [-0.1, -0.05) is 11.6 Å². The van der Waals surface area contributed by atoms with E-state index in [1.807, 2.05) is 10.8 Å². The Balaban J connectivity index is 1.30. The number of carbonyl (C=O) groups is 2. The molecule has 2 atom stereocenters. The highest BCUT2D eigenvalue weighted by Gasteiger charge is 2.33. The molecule has 0 aliphatic carbocycles. The number of rotatable bonds is 9. The molecule has 1 fully saturated rings. The Morgan fingerprint density at radius 2 is 2.05 bits per heavy atom. The van der Waals surface area contributed by atoms with Gasteiger partial charge in [-0.3, -0.25) is 9.59 Å². The van der Waals surface area contributed by atoms with Gasteiger partial charge in [-0.2, -0.15) is 0 Å². The predicted octanol–water partition coefficient (Wildman–Crippen LogP) is 3.03. The summed E-state index contributed by atoms with van der Waals surface area (Å²) in [5.74, 6) is -0.655. The number of hydrogen-bond acceptors (Lipinski definition) is 8. The van der Waals surface area contributed by atoms with E-state index in [1.54, 1.807) is 13.0 Å². The van der Waals surface area contributed by atoms with Gasteiger partial charge in [0.15, 0.2) is 0 Å². The number of hydrogen-bond donors (Lipinski definition) is 3. The van der Waals surface area contributed by atoms with Gasteiger partial charge in [-0.15, -0.1) is 0 Å². The predicted molar refractivity (Wildman–Crippen MR) is 149 cm³/mol. The molecule has 3 aromatic rings. The number of nitrogens with one attached hydrogen (secondary N) is 2. The molecule has 1 saturated heterocycles. The van der Waals surface area contributed by atoms with Crippen molar-refractivity contribution in [1.29, 1.82) is 0 Å². The molecule has 0 unspecified atom stereocenters. The molecule has 41 heavy (non-hydrogen) atoms. The lowest BCUT2D eigenvalue weighted by Crippen LogP contribution is -2.52. The minimum absolute atomic E-state index is 0.205. The summed E-state index contributed by atoms with van der Waals surface area (Å²) < 4.78 is 26.3. The SMILES string of the molecule is COc1cc(F)cc([C@@H](CO)NC(=O)[C@H](C)N2CCn3cc(-c4nc(NC5CCOCC5)ncc4Cl)cc3C2=O)c1. The van der Waals surface area contributed by atoms with Crippen LogP contribution in [0.4, 0.5) is 10.3 Å². The maximum absolute atomic E-state index is 14.0. The van der Waals surface area contributed by atoms with Gasteiger partial charge in [-0.05, 0) is 43.5 Å². The van der Waals surface area contributed by atoms with E-state index in [0.717, 1.165) is 12.8 Å². The third-order valence-corrected chi connectivity index (χ3v) is 7.68. The molecule has 11 nitrogen and oxygen atoms in total. The number of aliphatic hydroxyl groups is 1. The Bertz CT molecular complexity index is 1430. The van der Waals surface area contributed by atoms with Crippen LogP contribution in [0.3, 0.4) is 0 Å². The number of benzene rings is 1. The minimum Gasteiger partial charge on any atom is -0.497 e. The summed E-state index contributed by atoms with van der Waals surface area (Å²) >= 11 is 6.45. The molecule has 2 aromatic heterocycles. The number of halogens is 2. The summed E-state index contributed by atoms with van der Waals surface area (Å²) in [4.78, 5) is 37.0. The van der Waals surface area contributed by atoms with Crippen molar-refractivity contribution in [1.82, 2.24) is 24.8 Å². The van der Waals surface area contributed by atoms with E-state index < -0.39 is 30.4 Å². The Labute approximate surface area is 241 Å². The van der Waals surface area contributed by atoms with Crippen LogP contribution in [0.25, 0.3) is 11.3 Å². The summed E-state index contributed by atoms with van der Waals surface area (Å²) in [6, 6.07) is 4.15. The summed E-state index contributed by atoms with van der Waals surface area (Å²) in [7, 11) is 1.40. The highest BCUT2D eigenvalue weighted by molar-refractivity contribution is 6.33. The molecule has 2 amide bonds. The number of fused-ring (bicyclic) bond motifs is 1. The van der Waals surface area contributed by atoms with Crippen LogP contribution in [0.2, 0.25) is 5.02 Å². The largest absolute Gasteiger partial charge is 0.497 e. The fraction of sp³-hybridized carbons (Fsp3) is 0.429. The zero-order valence-electron chi connectivity index (χ0n) is 22.8. The standard InChI is InChI=1S/C28H32ClFN6O5/c1-16(26(38)33-23(15-37)17-9-19(30)12-21(10-17)40-2)36-6-5-35-14-18(11-24(35)27(36)39)25-22(29)13-31-28(34-25)32-20-3-7-41-8-4-20/h9-14,16,20,23,37H,3-8,15H2,1-2H3,(H,33,38)(H,31,32,34)/t16-,23+/m0/s1. The van der Waals surface area contributed by atoms with E-state index in [2.05, 4.69) is 20.6 Å². The normalized spacial score (nSPS) is 17.1. The van der Waals surface area contributed by atoms with Crippen LogP contribution in [0, 0.1) is 5.82 Å². The van der Waals surface area contributed by atoms with E-state index in [9.17, 15) is 19.1 Å². The molecule has 5 rings (SSSR count). The number of methoxy groups -OCH3 is 1. The van der Waals surface area contributed by atoms with E-state index in [-0.39, 0.29) is 17.7 Å². The molecule has 0 radical (unpaired) electrons. The third kappa shape index (κ3) is 6.29. The van der Waals surface area contributed by atoms with Crippen molar-refractivity contribution in [2.24, 2.45) is 0 Å². The Hall–Kier alpha value is -3.74. The maximum Gasteiger partial charge on any atom is 0.271 e. The zero-order chi connectivity index (χ0) is 29.1. The van der Waals surface area contributed by atoms with E-state index >= 15 is 0 Å². The Morgan fingerprint density at radius 3 is 2.78 bits per heavy atom. The van der Waals surface area contributed by atoms with Crippen molar-refractivity contribution in [3.05, 3.63) is 58.8 Å². The van der Waals surface area contributed by atoms with Crippen molar-refractivity contribution >= 4 is 29.4 Å².